The van der Waals surface area contributed by atoms with Crippen molar-refractivity contribution in [1.82, 2.24) is 0 Å². The fourth-order valence-electron chi connectivity index (χ4n) is 5.80. The van der Waals surface area contributed by atoms with Gasteiger partial charge in [0.15, 0.2) is 6.10 Å². The molecule has 5 nitrogen and oxygen atoms in total. The topological polar surface area (TPSA) is 61.8 Å². The van der Waals surface area contributed by atoms with Crippen LogP contribution in [0.15, 0.2) is 97.2 Å². The van der Waals surface area contributed by atoms with E-state index in [2.05, 4.69) is 118 Å². The molecule has 0 saturated heterocycles. The van der Waals surface area contributed by atoms with Gasteiger partial charge in [-0.15, -0.1) is 0 Å². The number of unbranched alkanes of at least 4 members (excludes halogenated alkanes) is 13. The number of carbonyl (C=O) groups is 2. The van der Waals surface area contributed by atoms with Crippen molar-refractivity contribution in [2.24, 2.45) is 0 Å². The van der Waals surface area contributed by atoms with Gasteiger partial charge in [0.1, 0.15) is 6.61 Å². The summed E-state index contributed by atoms with van der Waals surface area (Å²) in [7, 11) is 0. The Morgan fingerprint density at radius 2 is 0.804 bits per heavy atom. The van der Waals surface area contributed by atoms with Crippen LogP contribution in [0.25, 0.3) is 0 Å². The van der Waals surface area contributed by atoms with Gasteiger partial charge in [0, 0.05) is 19.4 Å². The van der Waals surface area contributed by atoms with Gasteiger partial charge >= 0.3 is 11.9 Å². The third-order valence-corrected chi connectivity index (χ3v) is 9.12. The van der Waals surface area contributed by atoms with E-state index in [0.29, 0.717) is 19.4 Å². The summed E-state index contributed by atoms with van der Waals surface area (Å²) < 4.78 is 17.2. The smallest absolute Gasteiger partial charge is 0.306 e. The van der Waals surface area contributed by atoms with E-state index < -0.39 is 6.10 Å². The van der Waals surface area contributed by atoms with Gasteiger partial charge in [0.2, 0.25) is 0 Å². The van der Waals surface area contributed by atoms with E-state index in [4.69, 9.17) is 14.2 Å². The molecule has 0 aromatic rings. The van der Waals surface area contributed by atoms with Crippen LogP contribution in [0.4, 0.5) is 0 Å². The Bertz CT molecular complexity index is 1110. The molecular formula is C51H84O5. The van der Waals surface area contributed by atoms with E-state index in [-0.39, 0.29) is 25.2 Å². The van der Waals surface area contributed by atoms with Crippen LogP contribution in [-0.4, -0.2) is 37.9 Å². The van der Waals surface area contributed by atoms with Gasteiger partial charge in [0.05, 0.1) is 6.61 Å². The minimum Gasteiger partial charge on any atom is -0.462 e. The number of esters is 2. The number of allylic oxidation sites excluding steroid dienone is 16. The summed E-state index contributed by atoms with van der Waals surface area (Å²) in [5.41, 5.74) is 0. The van der Waals surface area contributed by atoms with E-state index in [1.54, 1.807) is 0 Å². The minimum atomic E-state index is -0.575. The highest BCUT2D eigenvalue weighted by Crippen LogP contribution is 2.12. The Hall–Kier alpha value is -3.18. The Balaban J connectivity index is 4.36. The molecule has 56 heavy (non-hydrogen) atoms. The average Bonchev–Trinajstić information content (AvgIpc) is 3.20. The van der Waals surface area contributed by atoms with E-state index in [1.807, 2.05) is 0 Å². The second kappa shape index (κ2) is 46.2. The van der Waals surface area contributed by atoms with Gasteiger partial charge in [-0.25, -0.2) is 0 Å². The number of rotatable bonds is 40. The maximum atomic E-state index is 12.7. The normalized spacial score (nSPS) is 13.1. The predicted molar refractivity (Wildman–Crippen MR) is 242 cm³/mol. The summed E-state index contributed by atoms with van der Waals surface area (Å²) in [5, 5.41) is 0. The first-order chi connectivity index (χ1) is 27.6. The van der Waals surface area contributed by atoms with Crippen LogP contribution in [0.3, 0.4) is 0 Å². The van der Waals surface area contributed by atoms with Crippen LogP contribution >= 0.6 is 0 Å². The van der Waals surface area contributed by atoms with Crippen molar-refractivity contribution >= 4 is 11.9 Å². The number of carbonyl (C=O) groups excluding carboxylic acids is 2. The molecule has 0 bridgehead atoms. The zero-order valence-electron chi connectivity index (χ0n) is 36.4. The summed E-state index contributed by atoms with van der Waals surface area (Å²) >= 11 is 0. The molecule has 5 heteroatoms. The van der Waals surface area contributed by atoms with E-state index in [0.717, 1.165) is 116 Å². The summed E-state index contributed by atoms with van der Waals surface area (Å²) in [6, 6.07) is 0. The highest BCUT2D eigenvalue weighted by Gasteiger charge is 2.17. The molecule has 0 N–H and O–H groups in total. The van der Waals surface area contributed by atoms with Gasteiger partial charge in [-0.05, 0) is 89.9 Å². The Morgan fingerprint density at radius 1 is 0.411 bits per heavy atom. The number of hydrogen-bond donors (Lipinski definition) is 0. The first-order valence-corrected chi connectivity index (χ1v) is 22.8. The molecule has 0 radical (unpaired) electrons. The molecule has 0 aromatic heterocycles. The molecule has 0 aromatic carbocycles. The van der Waals surface area contributed by atoms with Crippen LogP contribution < -0.4 is 0 Å². The largest absolute Gasteiger partial charge is 0.462 e. The summed E-state index contributed by atoms with van der Waals surface area (Å²) in [4.78, 5) is 25.2. The maximum Gasteiger partial charge on any atom is 0.306 e. The molecule has 0 aliphatic rings. The molecule has 318 valence electrons. The Morgan fingerprint density at radius 3 is 1.29 bits per heavy atom. The van der Waals surface area contributed by atoms with Crippen molar-refractivity contribution in [3.05, 3.63) is 97.2 Å². The van der Waals surface area contributed by atoms with Crippen molar-refractivity contribution < 1.29 is 23.8 Å². The van der Waals surface area contributed by atoms with Gasteiger partial charge in [0.25, 0.3) is 0 Å². The summed E-state index contributed by atoms with van der Waals surface area (Å²) in [6.45, 7) is 7.40. The lowest BCUT2D eigenvalue weighted by molar-refractivity contribution is -0.163. The van der Waals surface area contributed by atoms with Gasteiger partial charge < -0.3 is 14.2 Å². The van der Waals surface area contributed by atoms with Crippen molar-refractivity contribution in [3.8, 4) is 0 Å². The molecule has 0 saturated carbocycles. The molecule has 1 atom stereocenters. The van der Waals surface area contributed by atoms with Gasteiger partial charge in [-0.2, -0.15) is 0 Å². The van der Waals surface area contributed by atoms with Gasteiger partial charge in [-0.3, -0.25) is 9.59 Å². The number of ether oxygens (including phenoxy) is 3. The Labute approximate surface area is 345 Å². The van der Waals surface area contributed by atoms with Crippen molar-refractivity contribution in [2.45, 2.75) is 194 Å². The average molecular weight is 777 g/mol. The van der Waals surface area contributed by atoms with E-state index in [9.17, 15) is 9.59 Å². The van der Waals surface area contributed by atoms with Crippen LogP contribution in [0.2, 0.25) is 0 Å². The highest BCUT2D eigenvalue weighted by molar-refractivity contribution is 5.70. The highest BCUT2D eigenvalue weighted by atomic mass is 16.6. The molecule has 0 rings (SSSR count). The molecule has 0 amide bonds. The predicted octanol–water partition coefficient (Wildman–Crippen LogP) is 15.1. The number of hydrogen-bond acceptors (Lipinski definition) is 5. The first kappa shape index (κ1) is 52.8. The van der Waals surface area contributed by atoms with E-state index in [1.165, 1.54) is 38.5 Å². The minimum absolute atomic E-state index is 0.0467. The lowest BCUT2D eigenvalue weighted by Crippen LogP contribution is -2.30. The van der Waals surface area contributed by atoms with E-state index >= 15 is 0 Å². The van der Waals surface area contributed by atoms with Crippen molar-refractivity contribution in [2.75, 3.05) is 19.8 Å². The monoisotopic (exact) mass is 777 g/mol. The molecule has 0 aliphatic heterocycles. The van der Waals surface area contributed by atoms with Crippen LogP contribution in [0, 0.1) is 0 Å². The second-order valence-corrected chi connectivity index (χ2v) is 14.5. The summed E-state index contributed by atoms with van der Waals surface area (Å²) in [5.74, 6) is -0.464. The first-order valence-electron chi connectivity index (χ1n) is 22.8. The maximum absolute atomic E-state index is 12.7. The van der Waals surface area contributed by atoms with Gasteiger partial charge in [-0.1, -0.05) is 182 Å². The third-order valence-electron chi connectivity index (χ3n) is 9.12. The van der Waals surface area contributed by atoms with Crippen LogP contribution in [0.5, 0.6) is 0 Å². The third kappa shape index (κ3) is 43.5. The quantitative estimate of drug-likeness (QED) is 0.0352. The molecule has 0 spiro atoms. The Kier molecular flexibility index (Phi) is 43.6. The summed E-state index contributed by atoms with van der Waals surface area (Å²) in [6.07, 6.45) is 61.3. The molecular weight excluding hydrogens is 693 g/mol. The second-order valence-electron chi connectivity index (χ2n) is 14.5. The lowest BCUT2D eigenvalue weighted by atomic mass is 10.1. The molecule has 1 unspecified atom stereocenters. The van der Waals surface area contributed by atoms with Crippen molar-refractivity contribution in [1.29, 1.82) is 0 Å². The molecule has 0 aliphatic carbocycles. The molecule has 0 fully saturated rings. The molecule has 0 heterocycles. The zero-order chi connectivity index (χ0) is 40.7. The fourth-order valence-corrected chi connectivity index (χ4v) is 5.80. The SMILES string of the molecule is CC/C=C\C/C=C\C/C=C\C/C=C\CCCCCCC(=O)OCC(COCCC/C=C\C/C=C\C/C=C\C/C=C\CC)OC(=O)CCCCCCCCCCC. The zero-order valence-corrected chi connectivity index (χ0v) is 36.4. The standard InChI is InChI=1S/C51H84O5/c1-4-7-10-13-16-19-21-23-25-26-27-28-30-33-35-38-41-44-50(52)55-48-49(56-51(53)45-42-39-36-32-18-15-12-9-6-3)47-54-46-43-40-37-34-31-29-24-22-20-17-14-11-8-5-2/h7-8,10-11,16-17,19-20,23-25,27-29,34,37,49H,4-6,9,12-15,18,21-22,26,30-33,35-36,38-48H2,1-3H3/b10-7-,11-8-,19-16-,20-17-,25-23-,28-27-,29-24-,37-34-. The lowest BCUT2D eigenvalue weighted by Gasteiger charge is -2.18. The van der Waals surface area contributed by atoms with Crippen LogP contribution in [0.1, 0.15) is 188 Å². The van der Waals surface area contributed by atoms with Crippen LogP contribution in [-0.2, 0) is 23.8 Å². The van der Waals surface area contributed by atoms with Crippen molar-refractivity contribution in [3.63, 3.8) is 0 Å². The fraction of sp³-hybridized carbons (Fsp3) is 0.647.